The lowest BCUT2D eigenvalue weighted by Gasteiger charge is -2.03. The van der Waals surface area contributed by atoms with Crippen molar-refractivity contribution >= 4 is 5.97 Å². The van der Waals surface area contributed by atoms with Gasteiger partial charge in [-0.25, -0.2) is 13.9 Å². The van der Waals surface area contributed by atoms with Gasteiger partial charge in [-0.15, -0.1) is 0 Å². The van der Waals surface area contributed by atoms with Gasteiger partial charge >= 0.3 is 5.97 Å². The molecule has 0 N–H and O–H groups in total. The number of ether oxygens (including phenoxy) is 1. The molecule has 0 amide bonds. The summed E-state index contributed by atoms with van der Waals surface area (Å²) in [4.78, 5) is 11.1. The van der Waals surface area contributed by atoms with Crippen LogP contribution >= 0.6 is 0 Å². The van der Waals surface area contributed by atoms with Crippen molar-refractivity contribution in [2.24, 2.45) is 7.05 Å². The van der Waals surface area contributed by atoms with E-state index in [9.17, 15) is 4.79 Å². The maximum Gasteiger partial charge on any atom is 0.333 e. The summed E-state index contributed by atoms with van der Waals surface area (Å²) in [5.41, 5.74) is 0.457. The summed E-state index contributed by atoms with van der Waals surface area (Å²) in [6.07, 6.45) is 5.98. The number of imidazole rings is 1. The van der Waals surface area contributed by atoms with Crippen molar-refractivity contribution in [3.8, 4) is 0 Å². The molecule has 4 nitrogen and oxygen atoms in total. The van der Waals surface area contributed by atoms with Crippen molar-refractivity contribution in [3.05, 3.63) is 30.4 Å². The third-order valence-electron chi connectivity index (χ3n) is 2.77. The van der Waals surface area contributed by atoms with E-state index in [1.807, 2.05) is 13.2 Å². The van der Waals surface area contributed by atoms with Crippen LogP contribution in [-0.4, -0.2) is 17.1 Å². The van der Waals surface area contributed by atoms with Crippen LogP contribution in [0.5, 0.6) is 0 Å². The molecule has 1 heterocycles. The molecule has 0 radical (unpaired) electrons. The predicted octanol–water partition coefficient (Wildman–Crippen LogP) is 1.52. The lowest BCUT2D eigenvalue weighted by atomic mass is 10.3. The monoisotopic (exact) mass is 237 g/mol. The molecule has 0 spiro atoms. The van der Waals surface area contributed by atoms with Gasteiger partial charge in [0.05, 0.1) is 20.2 Å². The van der Waals surface area contributed by atoms with Gasteiger partial charge in [-0.2, -0.15) is 0 Å². The fourth-order valence-electron chi connectivity index (χ4n) is 1.51. The number of esters is 1. The van der Waals surface area contributed by atoms with E-state index < -0.39 is 0 Å². The van der Waals surface area contributed by atoms with Crippen molar-refractivity contribution in [1.29, 1.82) is 0 Å². The Morgan fingerprint density at radius 2 is 2.24 bits per heavy atom. The summed E-state index contributed by atoms with van der Waals surface area (Å²) in [5, 5.41) is 0. The van der Waals surface area contributed by atoms with E-state index in [0.717, 1.165) is 19.4 Å². The van der Waals surface area contributed by atoms with Crippen molar-refractivity contribution in [2.45, 2.75) is 33.2 Å². The fraction of sp³-hybridized carbons (Fsp3) is 0.538. The highest BCUT2D eigenvalue weighted by Gasteiger charge is 2.08. The largest absolute Gasteiger partial charge is 0.462 e. The fourth-order valence-corrected chi connectivity index (χ4v) is 1.51. The molecule has 0 fully saturated rings. The minimum absolute atomic E-state index is 0.298. The van der Waals surface area contributed by atoms with E-state index in [1.54, 1.807) is 6.92 Å². The minimum atomic E-state index is -0.298. The Morgan fingerprint density at radius 1 is 1.53 bits per heavy atom. The molecule has 0 saturated heterocycles. The Hall–Kier alpha value is -1.58. The van der Waals surface area contributed by atoms with Crippen LogP contribution in [0.2, 0.25) is 0 Å². The van der Waals surface area contributed by atoms with Crippen LogP contribution in [0.25, 0.3) is 0 Å². The van der Waals surface area contributed by atoms with Gasteiger partial charge in [0.1, 0.15) is 12.4 Å². The zero-order valence-corrected chi connectivity index (χ0v) is 10.9. The number of carbonyl (C=O) groups excluding carboxylic acids is 1. The second kappa shape index (κ2) is 6.23. The number of aromatic nitrogens is 2. The Bertz CT molecular complexity index is 408. The molecule has 4 heteroatoms. The quantitative estimate of drug-likeness (QED) is 0.325. The van der Waals surface area contributed by atoms with Gasteiger partial charge in [0.25, 0.3) is 5.82 Å². The van der Waals surface area contributed by atoms with Crippen LogP contribution in [0, 0.1) is 6.92 Å². The Morgan fingerprint density at radius 3 is 2.76 bits per heavy atom. The molecule has 0 atom stereocenters. The molecule has 0 aliphatic heterocycles. The molecule has 0 saturated carbocycles. The van der Waals surface area contributed by atoms with Gasteiger partial charge < -0.3 is 4.74 Å². The molecule has 94 valence electrons. The maximum atomic E-state index is 11.1. The molecule has 1 aromatic heterocycles. The summed E-state index contributed by atoms with van der Waals surface area (Å²) in [7, 11) is 2.03. The summed E-state index contributed by atoms with van der Waals surface area (Å²) < 4.78 is 9.30. The molecule has 0 aliphatic carbocycles. The van der Waals surface area contributed by atoms with E-state index in [4.69, 9.17) is 4.74 Å². The summed E-state index contributed by atoms with van der Waals surface area (Å²) in [6.45, 7) is 8.70. The predicted molar refractivity (Wildman–Crippen MR) is 65.4 cm³/mol. The number of hydrogen-bond acceptors (Lipinski definition) is 2. The number of nitrogens with zero attached hydrogens (tertiary/aromatic N) is 2. The summed E-state index contributed by atoms with van der Waals surface area (Å²) >= 11 is 0. The normalized spacial score (nSPS) is 10.3. The van der Waals surface area contributed by atoms with Crippen LogP contribution in [0.4, 0.5) is 0 Å². The summed E-state index contributed by atoms with van der Waals surface area (Å²) in [6, 6.07) is 0. The van der Waals surface area contributed by atoms with Gasteiger partial charge in [0.15, 0.2) is 0 Å². The van der Waals surface area contributed by atoms with Gasteiger partial charge in [0.2, 0.25) is 0 Å². The van der Waals surface area contributed by atoms with E-state index in [1.165, 1.54) is 5.82 Å². The molecule has 0 aliphatic rings. The smallest absolute Gasteiger partial charge is 0.333 e. The molecule has 0 unspecified atom stereocenters. The van der Waals surface area contributed by atoms with Gasteiger partial charge in [-0.1, -0.05) is 6.58 Å². The number of rotatable bonds is 6. The standard InChI is InChI=1S/C13H21N2O2/c1-11(2)13(16)17-10-6-5-7-15-9-8-14(4)12(15)3/h8-9H,1,5-7,10H2,2-4H3/q+1. The molecular formula is C13H21N2O2+. The van der Waals surface area contributed by atoms with Crippen molar-refractivity contribution in [1.82, 2.24) is 4.57 Å². The van der Waals surface area contributed by atoms with Crippen LogP contribution in [0.3, 0.4) is 0 Å². The van der Waals surface area contributed by atoms with Crippen LogP contribution in [0.1, 0.15) is 25.6 Å². The topological polar surface area (TPSA) is 35.1 Å². The van der Waals surface area contributed by atoms with Gasteiger partial charge in [-0.3, -0.25) is 0 Å². The average Bonchev–Trinajstić information content (AvgIpc) is 2.59. The first-order valence-electron chi connectivity index (χ1n) is 5.86. The Kier molecular flexibility index (Phi) is 4.94. The maximum absolute atomic E-state index is 11.1. The van der Waals surface area contributed by atoms with E-state index >= 15 is 0 Å². The zero-order valence-electron chi connectivity index (χ0n) is 10.9. The number of aryl methyl sites for hydroxylation is 2. The third kappa shape index (κ3) is 4.06. The Labute approximate surface area is 103 Å². The molecule has 17 heavy (non-hydrogen) atoms. The van der Waals surface area contributed by atoms with Gasteiger partial charge in [-0.05, 0) is 19.8 Å². The highest BCUT2D eigenvalue weighted by Crippen LogP contribution is 2.00. The molecule has 1 rings (SSSR count). The summed E-state index contributed by atoms with van der Waals surface area (Å²) in [5.74, 6) is 0.928. The first-order chi connectivity index (χ1) is 8.02. The number of unbranched alkanes of at least 4 members (excludes halogenated alkanes) is 1. The van der Waals surface area contributed by atoms with Crippen LogP contribution < -0.4 is 4.57 Å². The zero-order chi connectivity index (χ0) is 12.8. The number of hydrogen-bond donors (Lipinski definition) is 0. The van der Waals surface area contributed by atoms with Crippen LogP contribution in [0.15, 0.2) is 24.5 Å². The average molecular weight is 237 g/mol. The minimum Gasteiger partial charge on any atom is -0.462 e. The van der Waals surface area contributed by atoms with Crippen molar-refractivity contribution in [3.63, 3.8) is 0 Å². The molecule has 1 aromatic rings. The Balaban J connectivity index is 2.19. The van der Waals surface area contributed by atoms with E-state index in [0.29, 0.717) is 12.2 Å². The lowest BCUT2D eigenvalue weighted by Crippen LogP contribution is -2.29. The number of carbonyl (C=O) groups is 1. The van der Waals surface area contributed by atoms with Crippen LogP contribution in [-0.2, 0) is 23.1 Å². The highest BCUT2D eigenvalue weighted by molar-refractivity contribution is 5.86. The molecule has 0 bridgehead atoms. The second-order valence-electron chi connectivity index (χ2n) is 4.27. The lowest BCUT2D eigenvalue weighted by molar-refractivity contribution is -0.677. The van der Waals surface area contributed by atoms with Crippen molar-refractivity contribution < 1.29 is 14.1 Å². The second-order valence-corrected chi connectivity index (χ2v) is 4.27. The van der Waals surface area contributed by atoms with Gasteiger partial charge in [0, 0.05) is 12.5 Å². The molecular weight excluding hydrogens is 216 g/mol. The first-order valence-corrected chi connectivity index (χ1v) is 5.86. The first kappa shape index (κ1) is 13.5. The SMILES string of the molecule is C=C(C)C(=O)OCCCCn1cc[n+](C)c1C. The van der Waals surface area contributed by atoms with Crippen molar-refractivity contribution in [2.75, 3.05) is 6.61 Å². The van der Waals surface area contributed by atoms with E-state index in [2.05, 4.69) is 28.8 Å². The highest BCUT2D eigenvalue weighted by atomic mass is 16.5. The molecule has 0 aromatic carbocycles. The van der Waals surface area contributed by atoms with E-state index in [-0.39, 0.29) is 5.97 Å². The third-order valence-corrected chi connectivity index (χ3v) is 2.77.